The molecule has 2 aliphatic carbocycles. The number of nitrogens with zero attached hydrogens (tertiary/aromatic N) is 2. The third-order valence-electron chi connectivity index (χ3n) is 9.69. The number of aliphatic hydroxyl groups is 1. The Hall–Kier alpha value is -2.49. The predicted molar refractivity (Wildman–Crippen MR) is 147 cm³/mol. The average Bonchev–Trinajstić information content (AvgIpc) is 3.16. The van der Waals surface area contributed by atoms with Gasteiger partial charge in [-0.1, -0.05) is 24.3 Å². The maximum atomic E-state index is 13.0. The Kier molecular flexibility index (Phi) is 6.73. The van der Waals surface area contributed by atoms with Gasteiger partial charge in [0, 0.05) is 42.3 Å². The fourth-order valence-corrected chi connectivity index (χ4v) is 8.63. The van der Waals surface area contributed by atoms with Crippen LogP contribution >= 0.6 is 0 Å². The van der Waals surface area contributed by atoms with Crippen molar-refractivity contribution in [2.24, 2.45) is 5.92 Å². The van der Waals surface area contributed by atoms with Crippen LogP contribution in [0.4, 0.5) is 5.82 Å². The number of hydrogen-bond acceptors (Lipinski definition) is 7. The van der Waals surface area contributed by atoms with E-state index in [2.05, 4.69) is 39.5 Å². The summed E-state index contributed by atoms with van der Waals surface area (Å²) < 4.78 is 23.8. The van der Waals surface area contributed by atoms with E-state index in [0.717, 1.165) is 49.9 Å². The molecule has 9 heteroatoms. The van der Waals surface area contributed by atoms with Gasteiger partial charge in [0.2, 0.25) is 0 Å². The number of nitrogen functional groups attached to an aromatic ring is 1. The Morgan fingerprint density at radius 2 is 1.74 bits per heavy atom. The number of carbonyl (C=O) groups excluding carboxylic acids is 1. The number of aromatic nitrogens is 1. The highest BCUT2D eigenvalue weighted by Crippen LogP contribution is 2.54. The highest BCUT2D eigenvalue weighted by molar-refractivity contribution is 7.91. The third-order valence-corrected chi connectivity index (χ3v) is 11.4. The minimum atomic E-state index is -2.85. The molecule has 4 N–H and O–H groups in total. The number of aliphatic hydroxyl groups excluding tert-OH is 1. The van der Waals surface area contributed by atoms with Gasteiger partial charge in [0.1, 0.15) is 15.7 Å². The normalized spacial score (nSPS) is 31.3. The minimum Gasteiger partial charge on any atom is -0.393 e. The molecule has 8 nitrogen and oxygen atoms in total. The number of hydrogen-bond donors (Lipinski definition) is 3. The van der Waals surface area contributed by atoms with E-state index in [1.54, 1.807) is 6.20 Å². The number of likely N-dealkylation sites (tertiary alicyclic amines) is 1. The third kappa shape index (κ3) is 4.84. The first-order valence-electron chi connectivity index (χ1n) is 14.0. The van der Waals surface area contributed by atoms with E-state index in [1.807, 2.05) is 6.07 Å². The zero-order chi connectivity index (χ0) is 26.5. The molecule has 2 saturated carbocycles. The van der Waals surface area contributed by atoms with Crippen LogP contribution in [0.1, 0.15) is 67.3 Å². The first-order chi connectivity index (χ1) is 18.2. The molecule has 1 amide bonds. The summed E-state index contributed by atoms with van der Waals surface area (Å²) in [6.07, 6.45) is 8.30. The Morgan fingerprint density at radius 3 is 2.39 bits per heavy atom. The van der Waals surface area contributed by atoms with Crippen LogP contribution in [0.3, 0.4) is 0 Å². The van der Waals surface area contributed by atoms with Crippen molar-refractivity contribution in [1.82, 2.24) is 15.2 Å². The zero-order valence-electron chi connectivity index (χ0n) is 21.8. The lowest BCUT2D eigenvalue weighted by Gasteiger charge is -2.45. The lowest BCUT2D eigenvalue weighted by Crippen LogP contribution is -2.44. The maximum Gasteiger partial charge on any atom is 0.255 e. The number of rotatable bonds is 5. The van der Waals surface area contributed by atoms with E-state index in [9.17, 15) is 18.3 Å². The van der Waals surface area contributed by atoms with Crippen LogP contribution in [0.25, 0.3) is 11.1 Å². The Labute approximate surface area is 224 Å². The fourth-order valence-electron chi connectivity index (χ4n) is 7.17. The molecular weight excluding hydrogens is 500 g/mol. The highest BCUT2D eigenvalue weighted by atomic mass is 32.2. The molecule has 38 heavy (non-hydrogen) atoms. The number of amides is 1. The van der Waals surface area contributed by atoms with Crippen molar-refractivity contribution >= 4 is 21.6 Å². The SMILES string of the molecule is Nc1ncc(-c2ccc([C@@]34CC[C@@H]3CN(C3CCS(=O)(=O)CC3)C4)cc2)cc1C(=O)NC1CCC(O)CC1. The van der Waals surface area contributed by atoms with Crippen LogP contribution in [0.5, 0.6) is 0 Å². The van der Waals surface area contributed by atoms with Crippen molar-refractivity contribution in [2.75, 3.05) is 30.3 Å². The molecule has 1 aromatic heterocycles. The molecule has 1 aromatic carbocycles. The van der Waals surface area contributed by atoms with Crippen LogP contribution in [0.15, 0.2) is 36.5 Å². The first-order valence-corrected chi connectivity index (χ1v) is 15.8. The van der Waals surface area contributed by atoms with E-state index >= 15 is 0 Å². The number of nitrogens with one attached hydrogen (secondary N) is 1. The molecule has 3 heterocycles. The Bertz CT molecular complexity index is 1290. The van der Waals surface area contributed by atoms with Crippen LogP contribution < -0.4 is 11.1 Å². The van der Waals surface area contributed by atoms with Gasteiger partial charge in [0.15, 0.2) is 0 Å². The van der Waals surface area contributed by atoms with Crippen molar-refractivity contribution in [3.05, 3.63) is 47.7 Å². The summed E-state index contributed by atoms with van der Waals surface area (Å²) in [5.41, 5.74) is 9.83. The number of fused-ring (bicyclic) bond motifs is 1. The van der Waals surface area contributed by atoms with Crippen molar-refractivity contribution in [3.63, 3.8) is 0 Å². The minimum absolute atomic E-state index is 0.0481. The molecule has 6 rings (SSSR count). The standard InChI is InChI=1S/C29H38N4O4S/c30-27-26(28(35)32-23-5-7-25(34)8-6-23)15-20(16-31-27)19-1-3-21(4-2-19)29-12-9-22(29)17-33(18-29)24-10-13-38(36,37)14-11-24/h1-4,15-16,22-25,34H,5-14,17-18H2,(H2,30,31)(H,32,35)/t22-,23?,25?,29+/m1/s1. The summed E-state index contributed by atoms with van der Waals surface area (Å²) >= 11 is 0. The second kappa shape index (κ2) is 9.92. The number of sulfone groups is 1. The van der Waals surface area contributed by atoms with Crippen molar-refractivity contribution in [3.8, 4) is 11.1 Å². The van der Waals surface area contributed by atoms with Gasteiger partial charge in [-0.2, -0.15) is 0 Å². The molecule has 0 unspecified atom stereocenters. The van der Waals surface area contributed by atoms with E-state index in [4.69, 9.17) is 5.73 Å². The van der Waals surface area contributed by atoms with Crippen molar-refractivity contribution < 1.29 is 18.3 Å². The highest BCUT2D eigenvalue weighted by Gasteiger charge is 2.55. The van der Waals surface area contributed by atoms with E-state index in [0.29, 0.717) is 41.9 Å². The molecule has 2 atom stereocenters. The number of nitrogens with two attached hydrogens (primary N) is 1. The first kappa shape index (κ1) is 25.8. The second-order valence-electron chi connectivity index (χ2n) is 11.9. The quantitative estimate of drug-likeness (QED) is 0.534. The number of anilines is 1. The molecule has 2 saturated heterocycles. The van der Waals surface area contributed by atoms with Crippen molar-refractivity contribution in [2.45, 2.75) is 75.0 Å². The number of pyridine rings is 1. The van der Waals surface area contributed by atoms with E-state index in [1.165, 1.54) is 18.4 Å². The average molecular weight is 539 g/mol. The van der Waals surface area contributed by atoms with Gasteiger partial charge >= 0.3 is 0 Å². The van der Waals surface area contributed by atoms with Gasteiger partial charge in [-0.3, -0.25) is 9.69 Å². The van der Waals surface area contributed by atoms with Crippen LogP contribution in [0, 0.1) is 5.92 Å². The summed E-state index contributed by atoms with van der Waals surface area (Å²) in [6, 6.07) is 10.9. The second-order valence-corrected chi connectivity index (χ2v) is 14.2. The largest absolute Gasteiger partial charge is 0.393 e. The van der Waals surface area contributed by atoms with Crippen LogP contribution in [0.2, 0.25) is 0 Å². The van der Waals surface area contributed by atoms with Gasteiger partial charge < -0.3 is 16.2 Å². The summed E-state index contributed by atoms with van der Waals surface area (Å²) in [5.74, 6) is 1.27. The molecule has 204 valence electrons. The molecule has 2 aromatic rings. The van der Waals surface area contributed by atoms with Crippen LogP contribution in [-0.2, 0) is 15.3 Å². The van der Waals surface area contributed by atoms with Gasteiger partial charge in [-0.15, -0.1) is 0 Å². The monoisotopic (exact) mass is 538 g/mol. The van der Waals surface area contributed by atoms with Crippen LogP contribution in [-0.4, -0.2) is 72.1 Å². The van der Waals surface area contributed by atoms with E-state index in [-0.39, 0.29) is 29.3 Å². The lowest BCUT2D eigenvalue weighted by atomic mass is 9.58. The zero-order valence-corrected chi connectivity index (χ0v) is 22.6. The molecule has 4 fully saturated rings. The topological polar surface area (TPSA) is 126 Å². The van der Waals surface area contributed by atoms with Gasteiger partial charge in [0.25, 0.3) is 5.91 Å². The summed E-state index contributed by atoms with van der Waals surface area (Å²) in [4.78, 5) is 19.9. The molecule has 0 radical (unpaired) electrons. The van der Waals surface area contributed by atoms with Gasteiger partial charge in [-0.05, 0) is 74.5 Å². The summed E-state index contributed by atoms with van der Waals surface area (Å²) in [6.45, 7) is 2.07. The Morgan fingerprint density at radius 1 is 1.03 bits per heavy atom. The Balaban J connectivity index is 1.15. The fraction of sp³-hybridized carbons (Fsp3) is 0.586. The smallest absolute Gasteiger partial charge is 0.255 e. The van der Waals surface area contributed by atoms with Gasteiger partial charge in [-0.25, -0.2) is 13.4 Å². The molecule has 0 bridgehead atoms. The molecule has 4 aliphatic rings. The van der Waals surface area contributed by atoms with Gasteiger partial charge in [0.05, 0.1) is 23.2 Å². The maximum absolute atomic E-state index is 13.0. The number of benzene rings is 1. The summed E-state index contributed by atoms with van der Waals surface area (Å²) in [7, 11) is -2.85. The number of carbonyl (C=O) groups is 1. The summed E-state index contributed by atoms with van der Waals surface area (Å²) in [5, 5.41) is 12.8. The van der Waals surface area contributed by atoms with E-state index < -0.39 is 9.84 Å². The molecule has 0 spiro atoms. The lowest BCUT2D eigenvalue weighted by molar-refractivity contribution is 0.0868. The predicted octanol–water partition coefficient (Wildman–Crippen LogP) is 2.90. The van der Waals surface area contributed by atoms with Crippen molar-refractivity contribution in [1.29, 1.82) is 0 Å². The molecule has 2 aliphatic heterocycles. The molecular formula is C29H38N4O4S.